The number of aryl methyl sites for hydroxylation is 1. The van der Waals surface area contributed by atoms with Gasteiger partial charge in [-0.2, -0.15) is 10.1 Å². The summed E-state index contributed by atoms with van der Waals surface area (Å²) in [6.07, 6.45) is 11.2. The average Bonchev–Trinajstić information content (AvgIpc) is 3.01. The Balaban J connectivity index is 1.69. The van der Waals surface area contributed by atoms with Gasteiger partial charge in [-0.05, 0) is 26.7 Å². The fourth-order valence-corrected chi connectivity index (χ4v) is 3.38. The molecule has 1 aliphatic heterocycles. The van der Waals surface area contributed by atoms with Crippen molar-refractivity contribution in [3.63, 3.8) is 0 Å². The molecular formula is C19H28N6. The predicted octanol–water partition coefficient (Wildman–Crippen LogP) is 5.10. The third kappa shape index (κ3) is 3.89. The molecule has 3 heterocycles. The van der Waals surface area contributed by atoms with Crippen molar-refractivity contribution in [3.05, 3.63) is 23.7 Å². The maximum atomic E-state index is 4.57. The van der Waals surface area contributed by atoms with Crippen LogP contribution < -0.4 is 5.32 Å². The van der Waals surface area contributed by atoms with Crippen molar-refractivity contribution >= 4 is 23.2 Å². The molecule has 2 aromatic heterocycles. The highest BCUT2D eigenvalue weighted by atomic mass is 15.3. The smallest absolute Gasteiger partial charge is 0.229 e. The van der Waals surface area contributed by atoms with Gasteiger partial charge in [0.1, 0.15) is 0 Å². The Morgan fingerprint density at radius 1 is 1.08 bits per heavy atom. The molecule has 0 radical (unpaired) electrons. The first-order valence-electron chi connectivity index (χ1n) is 9.37. The largest absolute Gasteiger partial charge is 0.321 e. The Bertz CT molecular complexity index is 761. The van der Waals surface area contributed by atoms with Gasteiger partial charge in [0.15, 0.2) is 5.82 Å². The summed E-state index contributed by atoms with van der Waals surface area (Å²) in [7, 11) is 0. The first-order valence-corrected chi connectivity index (χ1v) is 9.37. The molecule has 0 saturated carbocycles. The third-order valence-electron chi connectivity index (χ3n) is 4.70. The van der Waals surface area contributed by atoms with Crippen LogP contribution in [0.1, 0.15) is 76.6 Å². The highest BCUT2D eigenvalue weighted by Gasteiger charge is 2.21. The number of nitrogens with one attached hydrogen (secondary N) is 1. The summed E-state index contributed by atoms with van der Waals surface area (Å²) in [6.45, 7) is 8.46. The van der Waals surface area contributed by atoms with Crippen molar-refractivity contribution in [3.8, 4) is 0 Å². The lowest BCUT2D eigenvalue weighted by molar-refractivity contribution is 0.381. The number of rotatable bonds is 9. The van der Waals surface area contributed by atoms with E-state index in [1.807, 2.05) is 20.0 Å². The van der Waals surface area contributed by atoms with Crippen LogP contribution >= 0.6 is 0 Å². The van der Waals surface area contributed by atoms with Crippen LogP contribution in [0.25, 0.3) is 0 Å². The van der Waals surface area contributed by atoms with Gasteiger partial charge in [0.25, 0.3) is 0 Å². The lowest BCUT2D eigenvalue weighted by Gasteiger charge is -2.17. The molecule has 0 fully saturated rings. The lowest BCUT2D eigenvalue weighted by Crippen LogP contribution is -2.12. The van der Waals surface area contributed by atoms with Crippen molar-refractivity contribution in [2.45, 2.75) is 72.3 Å². The van der Waals surface area contributed by atoms with Crippen molar-refractivity contribution in [2.75, 3.05) is 5.32 Å². The fraction of sp³-hybridized carbons (Fsp3) is 0.579. The van der Waals surface area contributed by atoms with Crippen LogP contribution in [0.2, 0.25) is 0 Å². The molecule has 0 spiro atoms. The van der Waals surface area contributed by atoms with E-state index in [9.17, 15) is 0 Å². The Morgan fingerprint density at radius 2 is 1.92 bits per heavy atom. The minimum absolute atomic E-state index is 0.471. The second-order valence-electron chi connectivity index (χ2n) is 6.80. The van der Waals surface area contributed by atoms with E-state index in [0.717, 1.165) is 34.9 Å². The molecule has 6 heteroatoms. The quantitative estimate of drug-likeness (QED) is 0.645. The minimum atomic E-state index is 0.471. The highest BCUT2D eigenvalue weighted by molar-refractivity contribution is 6.10. The van der Waals surface area contributed by atoms with Gasteiger partial charge < -0.3 is 5.32 Å². The van der Waals surface area contributed by atoms with E-state index in [0.29, 0.717) is 12.0 Å². The number of hydrogen-bond acceptors (Lipinski definition) is 5. The second kappa shape index (κ2) is 7.76. The van der Waals surface area contributed by atoms with E-state index in [-0.39, 0.29) is 0 Å². The average molecular weight is 340 g/mol. The van der Waals surface area contributed by atoms with Gasteiger partial charge in [0, 0.05) is 6.20 Å². The molecule has 25 heavy (non-hydrogen) atoms. The predicted molar refractivity (Wildman–Crippen MR) is 102 cm³/mol. The fourth-order valence-electron chi connectivity index (χ4n) is 3.38. The van der Waals surface area contributed by atoms with Crippen molar-refractivity contribution in [1.82, 2.24) is 19.7 Å². The second-order valence-corrected chi connectivity index (χ2v) is 6.80. The van der Waals surface area contributed by atoms with E-state index >= 15 is 0 Å². The molecule has 6 nitrogen and oxygen atoms in total. The van der Waals surface area contributed by atoms with Crippen LogP contribution in [0.5, 0.6) is 0 Å². The van der Waals surface area contributed by atoms with Gasteiger partial charge in [-0.25, -0.2) is 9.98 Å². The highest BCUT2D eigenvalue weighted by Crippen LogP contribution is 2.31. The van der Waals surface area contributed by atoms with Crippen LogP contribution in [0, 0.1) is 6.92 Å². The van der Waals surface area contributed by atoms with Crippen LogP contribution in [0.4, 0.5) is 17.5 Å². The molecule has 2 aromatic rings. The number of hydrogen-bond donors (Lipinski definition) is 1. The van der Waals surface area contributed by atoms with Crippen LogP contribution in [0.3, 0.4) is 0 Å². The molecular weight excluding hydrogens is 312 g/mol. The number of aromatic nitrogens is 4. The molecule has 0 aromatic carbocycles. The maximum Gasteiger partial charge on any atom is 0.229 e. The molecule has 3 rings (SSSR count). The number of fused-ring (bicyclic) bond motifs is 1. The molecule has 134 valence electrons. The van der Waals surface area contributed by atoms with E-state index in [1.165, 1.54) is 32.1 Å². The van der Waals surface area contributed by atoms with E-state index < -0.39 is 0 Å². The van der Waals surface area contributed by atoms with Gasteiger partial charge in [0.2, 0.25) is 5.95 Å². The van der Waals surface area contributed by atoms with Crippen LogP contribution in [0.15, 0.2) is 17.4 Å². The molecule has 1 aliphatic rings. The van der Waals surface area contributed by atoms with Gasteiger partial charge in [0.05, 0.1) is 34.9 Å². The SMILES string of the molecule is CCCCCC(CCC)n1cc(Nc2nc(C)c3c(n2)N=C3C)cn1. The number of unbranched alkanes of at least 4 members (excludes halogenated alkanes) is 2. The minimum Gasteiger partial charge on any atom is -0.321 e. The third-order valence-corrected chi connectivity index (χ3v) is 4.70. The summed E-state index contributed by atoms with van der Waals surface area (Å²) in [6, 6.07) is 0.471. The van der Waals surface area contributed by atoms with Crippen molar-refractivity contribution in [2.24, 2.45) is 4.99 Å². The molecule has 0 bridgehead atoms. The van der Waals surface area contributed by atoms with E-state index in [4.69, 9.17) is 0 Å². The monoisotopic (exact) mass is 340 g/mol. The van der Waals surface area contributed by atoms with Crippen LogP contribution in [-0.2, 0) is 0 Å². The van der Waals surface area contributed by atoms with Crippen molar-refractivity contribution < 1.29 is 0 Å². The summed E-state index contributed by atoms with van der Waals surface area (Å²) in [5.74, 6) is 1.37. The van der Waals surface area contributed by atoms with Gasteiger partial charge in [-0.15, -0.1) is 0 Å². The molecule has 1 unspecified atom stereocenters. The van der Waals surface area contributed by atoms with Gasteiger partial charge in [-0.3, -0.25) is 4.68 Å². The summed E-state index contributed by atoms with van der Waals surface area (Å²) >= 11 is 0. The molecule has 1 N–H and O–H groups in total. The summed E-state index contributed by atoms with van der Waals surface area (Å²) in [5, 5.41) is 7.84. The standard InChI is InChI=1S/C19H28N6/c1-5-7-8-10-16(9-6-2)25-12-15(11-20-25)23-19-22-14(4)17-13(3)21-18(17)24-19/h11-12,16H,5-10H2,1-4H3,(H,21,22,23,24). The Hall–Kier alpha value is -2.24. The molecule has 0 amide bonds. The summed E-state index contributed by atoms with van der Waals surface area (Å²) < 4.78 is 2.10. The number of nitrogens with zero attached hydrogens (tertiary/aromatic N) is 5. The Labute approximate surface area is 149 Å². The van der Waals surface area contributed by atoms with E-state index in [1.54, 1.807) is 0 Å². The lowest BCUT2D eigenvalue weighted by atomic mass is 10.0. The van der Waals surface area contributed by atoms with Crippen molar-refractivity contribution in [1.29, 1.82) is 0 Å². The summed E-state index contributed by atoms with van der Waals surface area (Å²) in [4.78, 5) is 13.4. The first kappa shape index (κ1) is 17.6. The topological polar surface area (TPSA) is 68.0 Å². The first-order chi connectivity index (χ1) is 12.1. The normalized spacial score (nSPS) is 13.8. The van der Waals surface area contributed by atoms with Gasteiger partial charge in [-0.1, -0.05) is 39.5 Å². The zero-order chi connectivity index (χ0) is 17.8. The number of aliphatic imine (C=N–C) groups is 1. The maximum absolute atomic E-state index is 4.57. The van der Waals surface area contributed by atoms with E-state index in [2.05, 4.69) is 50.1 Å². The zero-order valence-electron chi connectivity index (χ0n) is 15.7. The molecule has 0 saturated heterocycles. The molecule has 0 aliphatic carbocycles. The Kier molecular flexibility index (Phi) is 5.46. The summed E-state index contributed by atoms with van der Waals surface area (Å²) in [5.41, 5.74) is 3.99. The van der Waals surface area contributed by atoms with Crippen LogP contribution in [-0.4, -0.2) is 25.5 Å². The zero-order valence-corrected chi connectivity index (χ0v) is 15.7. The van der Waals surface area contributed by atoms with Gasteiger partial charge >= 0.3 is 0 Å². The Morgan fingerprint density at radius 3 is 2.60 bits per heavy atom. The number of anilines is 2. The molecule has 1 atom stereocenters.